The van der Waals surface area contributed by atoms with Crippen molar-refractivity contribution in [2.24, 2.45) is 9.63 Å². The van der Waals surface area contributed by atoms with E-state index in [-0.39, 0.29) is 25.9 Å². The molecule has 0 fully saturated rings. The van der Waals surface area contributed by atoms with Crippen LogP contribution in [-0.4, -0.2) is 10.7 Å². The van der Waals surface area contributed by atoms with E-state index in [0.29, 0.717) is 0 Å². The maximum Gasteiger partial charge on any atom is 0.304 e. The molecule has 0 saturated heterocycles. The van der Waals surface area contributed by atoms with Gasteiger partial charge in [0, 0.05) is 5.75 Å². The predicted octanol–water partition coefficient (Wildman–Crippen LogP) is 5.81. The third-order valence-corrected chi connectivity index (χ3v) is 3.91. The standard InChI is InChI=1S/C9H8BrCl2N3O2S/c1-2-3-18-14-13-8-5(11)4-6(12)9(7(8)10)15(16)17/h4H,2-3H2,1H3. The van der Waals surface area contributed by atoms with Crippen LogP contribution in [0.2, 0.25) is 10.0 Å². The van der Waals surface area contributed by atoms with Gasteiger partial charge in [0.2, 0.25) is 0 Å². The third kappa shape index (κ3) is 3.81. The normalized spacial score (nSPS) is 11.1. The van der Waals surface area contributed by atoms with Crippen molar-refractivity contribution in [1.29, 1.82) is 0 Å². The molecule has 1 aromatic carbocycles. The van der Waals surface area contributed by atoms with Gasteiger partial charge >= 0.3 is 5.69 Å². The van der Waals surface area contributed by atoms with Crippen molar-refractivity contribution in [3.05, 3.63) is 30.7 Å². The zero-order valence-electron chi connectivity index (χ0n) is 9.19. The first kappa shape index (κ1) is 15.7. The highest BCUT2D eigenvalue weighted by atomic mass is 79.9. The van der Waals surface area contributed by atoms with E-state index < -0.39 is 4.92 Å². The third-order valence-electron chi connectivity index (χ3n) is 1.80. The van der Waals surface area contributed by atoms with Crippen LogP contribution in [0.1, 0.15) is 13.3 Å². The average molecular weight is 373 g/mol. The first-order valence-electron chi connectivity index (χ1n) is 4.84. The smallest absolute Gasteiger partial charge is 0.258 e. The van der Waals surface area contributed by atoms with E-state index in [1.807, 2.05) is 6.92 Å². The minimum absolute atomic E-state index is 0.0444. The minimum atomic E-state index is -0.596. The molecule has 9 heteroatoms. The van der Waals surface area contributed by atoms with Crippen LogP contribution in [-0.2, 0) is 0 Å². The van der Waals surface area contributed by atoms with Gasteiger partial charge in [0.15, 0.2) is 0 Å². The SMILES string of the molecule is CCCSN=Nc1c(Cl)cc(Cl)c([N+](=O)[O-])c1Br. The summed E-state index contributed by atoms with van der Waals surface area (Å²) in [6.45, 7) is 2.01. The molecule has 0 saturated carbocycles. The van der Waals surface area contributed by atoms with Gasteiger partial charge in [-0.15, -0.1) is 9.63 Å². The second-order valence-corrected chi connectivity index (χ2v) is 5.56. The van der Waals surface area contributed by atoms with Crippen LogP contribution in [0.4, 0.5) is 11.4 Å². The number of benzene rings is 1. The Morgan fingerprint density at radius 3 is 2.72 bits per heavy atom. The molecule has 0 aliphatic carbocycles. The number of halogens is 3. The van der Waals surface area contributed by atoms with E-state index in [9.17, 15) is 10.1 Å². The van der Waals surface area contributed by atoms with E-state index in [1.54, 1.807) is 0 Å². The summed E-state index contributed by atoms with van der Waals surface area (Å²) < 4.78 is 3.98. The quantitative estimate of drug-likeness (QED) is 0.215. The van der Waals surface area contributed by atoms with E-state index in [4.69, 9.17) is 23.2 Å². The molecule has 0 aliphatic rings. The van der Waals surface area contributed by atoms with Crippen molar-refractivity contribution >= 4 is 62.5 Å². The van der Waals surface area contributed by atoms with E-state index in [0.717, 1.165) is 12.2 Å². The van der Waals surface area contributed by atoms with Crippen molar-refractivity contribution in [2.45, 2.75) is 13.3 Å². The summed E-state index contributed by atoms with van der Waals surface area (Å²) in [7, 11) is 0. The zero-order chi connectivity index (χ0) is 13.7. The van der Waals surface area contributed by atoms with Crippen molar-refractivity contribution in [3.8, 4) is 0 Å². The van der Waals surface area contributed by atoms with Crippen LogP contribution < -0.4 is 0 Å². The monoisotopic (exact) mass is 371 g/mol. The second-order valence-electron chi connectivity index (χ2n) is 3.12. The highest BCUT2D eigenvalue weighted by Gasteiger charge is 2.23. The van der Waals surface area contributed by atoms with Gasteiger partial charge in [-0.25, -0.2) is 0 Å². The summed E-state index contributed by atoms with van der Waals surface area (Å²) in [6, 6.07) is 1.28. The Hall–Kier alpha value is -0.370. The lowest BCUT2D eigenvalue weighted by atomic mass is 10.3. The molecule has 98 valence electrons. The molecule has 0 atom stereocenters. The van der Waals surface area contributed by atoms with Crippen LogP contribution in [0.15, 0.2) is 20.2 Å². The van der Waals surface area contributed by atoms with Crippen LogP contribution in [0, 0.1) is 10.1 Å². The number of nitrogens with zero attached hydrogens (tertiary/aromatic N) is 3. The van der Waals surface area contributed by atoms with Crippen LogP contribution in [0.3, 0.4) is 0 Å². The molecular formula is C9H8BrCl2N3O2S. The molecule has 0 aromatic heterocycles. The molecule has 0 N–H and O–H groups in total. The van der Waals surface area contributed by atoms with Gasteiger partial charge < -0.3 is 0 Å². The van der Waals surface area contributed by atoms with Gasteiger partial charge in [-0.2, -0.15) is 0 Å². The first-order valence-corrected chi connectivity index (χ1v) is 7.33. The molecule has 0 bridgehead atoms. The van der Waals surface area contributed by atoms with Crippen molar-refractivity contribution in [2.75, 3.05) is 5.75 Å². The number of hydrogen-bond acceptors (Lipinski definition) is 5. The fourth-order valence-corrected chi connectivity index (χ4v) is 2.88. The van der Waals surface area contributed by atoms with Gasteiger partial charge in [-0.05, 0) is 40.4 Å². The number of rotatable bonds is 5. The Bertz CT molecular complexity index is 499. The number of hydrogen-bond donors (Lipinski definition) is 0. The molecule has 0 spiro atoms. The van der Waals surface area contributed by atoms with Crippen LogP contribution in [0.25, 0.3) is 0 Å². The number of nitro benzene ring substituents is 1. The highest BCUT2D eigenvalue weighted by Crippen LogP contribution is 2.44. The second kappa shape index (κ2) is 7.28. The maximum absolute atomic E-state index is 10.9. The first-order chi connectivity index (χ1) is 8.49. The molecule has 1 aromatic rings. The highest BCUT2D eigenvalue weighted by molar-refractivity contribution is 9.10. The van der Waals surface area contributed by atoms with E-state index in [2.05, 4.69) is 25.6 Å². The number of nitro groups is 1. The Balaban J connectivity index is 3.15. The average Bonchev–Trinajstić information content (AvgIpc) is 2.26. The van der Waals surface area contributed by atoms with Gasteiger partial charge in [0.1, 0.15) is 15.2 Å². The van der Waals surface area contributed by atoms with Gasteiger partial charge in [-0.1, -0.05) is 30.1 Å². The molecule has 18 heavy (non-hydrogen) atoms. The zero-order valence-corrected chi connectivity index (χ0v) is 13.1. The summed E-state index contributed by atoms with van der Waals surface area (Å²) in [6.07, 6.45) is 0.958. The molecule has 5 nitrogen and oxygen atoms in total. The van der Waals surface area contributed by atoms with Gasteiger partial charge in [0.25, 0.3) is 0 Å². The molecule has 0 aliphatic heterocycles. The minimum Gasteiger partial charge on any atom is -0.258 e. The summed E-state index contributed by atoms with van der Waals surface area (Å²) >= 11 is 16.0. The van der Waals surface area contributed by atoms with Crippen molar-refractivity contribution in [1.82, 2.24) is 0 Å². The molecule has 0 unspecified atom stereocenters. The van der Waals surface area contributed by atoms with Crippen LogP contribution in [0.5, 0.6) is 0 Å². The fraction of sp³-hybridized carbons (Fsp3) is 0.333. The lowest BCUT2D eigenvalue weighted by molar-refractivity contribution is -0.385. The largest absolute Gasteiger partial charge is 0.304 e. The Kier molecular flexibility index (Phi) is 6.34. The van der Waals surface area contributed by atoms with Crippen molar-refractivity contribution < 1.29 is 4.92 Å². The molecule has 1 rings (SSSR count). The molecule has 0 heterocycles. The molecule has 0 amide bonds. The van der Waals surface area contributed by atoms with Gasteiger partial charge in [0.05, 0.1) is 9.95 Å². The fourth-order valence-electron chi connectivity index (χ4n) is 1.03. The van der Waals surface area contributed by atoms with E-state index in [1.165, 1.54) is 18.0 Å². The summed E-state index contributed by atoms with van der Waals surface area (Å²) in [5.41, 5.74) is -0.0631. The lowest BCUT2D eigenvalue weighted by Crippen LogP contribution is -1.91. The molecular weight excluding hydrogens is 365 g/mol. The Morgan fingerprint density at radius 1 is 1.50 bits per heavy atom. The summed E-state index contributed by atoms with van der Waals surface area (Å²) in [5, 5.41) is 14.9. The Morgan fingerprint density at radius 2 is 2.17 bits per heavy atom. The van der Waals surface area contributed by atoms with Crippen molar-refractivity contribution in [3.63, 3.8) is 0 Å². The van der Waals surface area contributed by atoms with E-state index >= 15 is 0 Å². The molecule has 0 radical (unpaired) electrons. The summed E-state index contributed by atoms with van der Waals surface area (Å²) in [5.74, 6) is 0.814. The summed E-state index contributed by atoms with van der Waals surface area (Å²) in [4.78, 5) is 10.3. The maximum atomic E-state index is 10.9. The lowest BCUT2D eigenvalue weighted by Gasteiger charge is -2.03. The topological polar surface area (TPSA) is 67.9 Å². The van der Waals surface area contributed by atoms with Crippen LogP contribution >= 0.6 is 51.1 Å². The Labute approximate surface area is 126 Å². The van der Waals surface area contributed by atoms with Gasteiger partial charge in [-0.3, -0.25) is 10.1 Å². The predicted molar refractivity (Wildman–Crippen MR) is 78.1 cm³/mol.